The molecule has 6 heteroatoms. The second-order valence-corrected chi connectivity index (χ2v) is 1.33. The monoisotopic (exact) mass is 129 g/mol. The van der Waals surface area contributed by atoms with Gasteiger partial charge in [0.2, 0.25) is 0 Å². The van der Waals surface area contributed by atoms with Crippen LogP contribution in [0.1, 0.15) is 0 Å². The third kappa shape index (κ3) is 4.66. The summed E-state index contributed by atoms with van der Waals surface area (Å²) in [6.45, 7) is 0. The zero-order valence-electron chi connectivity index (χ0n) is 4.87. The molecule has 5 nitrogen and oxygen atoms in total. The molecule has 0 amide bonds. The van der Waals surface area contributed by atoms with Gasteiger partial charge >= 0.3 is 7.48 Å². The molecule has 0 saturated heterocycles. The predicted octanol–water partition coefficient (Wildman–Crippen LogP) is -0.874. The predicted molar refractivity (Wildman–Crippen MR) is 35.2 cm³/mol. The SMILES string of the molecule is N=COBC/C(N)=N/O. The summed E-state index contributed by atoms with van der Waals surface area (Å²) < 4.78 is 4.48. The average Bonchev–Trinajstić information content (AvgIpc) is 1.89. The van der Waals surface area contributed by atoms with E-state index in [1.165, 1.54) is 0 Å². The summed E-state index contributed by atoms with van der Waals surface area (Å²) in [5.74, 6) is 0.108. The number of hydrogen-bond donors (Lipinski definition) is 3. The van der Waals surface area contributed by atoms with Crippen molar-refractivity contribution in [2.24, 2.45) is 10.9 Å². The van der Waals surface area contributed by atoms with E-state index >= 15 is 0 Å². The van der Waals surface area contributed by atoms with Gasteiger partial charge in [0.15, 0.2) is 0 Å². The van der Waals surface area contributed by atoms with Crippen molar-refractivity contribution in [1.82, 2.24) is 0 Å². The third-order valence-electron chi connectivity index (χ3n) is 0.688. The summed E-state index contributed by atoms with van der Waals surface area (Å²) in [4.78, 5) is 0. The molecule has 0 aromatic heterocycles. The number of rotatable bonds is 4. The Balaban J connectivity index is 3.17. The summed E-state index contributed by atoms with van der Waals surface area (Å²) >= 11 is 0. The molecule has 50 valence electrons. The molecule has 0 unspecified atom stereocenters. The Morgan fingerprint density at radius 3 is 3.11 bits per heavy atom. The van der Waals surface area contributed by atoms with Crippen LogP contribution in [0.15, 0.2) is 5.16 Å². The lowest BCUT2D eigenvalue weighted by Crippen LogP contribution is -2.14. The molecule has 0 aliphatic carbocycles. The zero-order valence-corrected chi connectivity index (χ0v) is 4.87. The fraction of sp³-hybridized carbons (Fsp3) is 0.333. The fourth-order valence-corrected chi connectivity index (χ4v) is 0.272. The van der Waals surface area contributed by atoms with Crippen LogP contribution in [-0.2, 0) is 4.65 Å². The highest BCUT2D eigenvalue weighted by molar-refractivity contribution is 6.36. The Labute approximate surface area is 53.3 Å². The van der Waals surface area contributed by atoms with Crippen LogP contribution in [0.2, 0.25) is 6.32 Å². The Bertz CT molecular complexity index is 116. The second-order valence-electron chi connectivity index (χ2n) is 1.33. The first-order valence-electron chi connectivity index (χ1n) is 2.38. The van der Waals surface area contributed by atoms with Crippen molar-refractivity contribution in [2.45, 2.75) is 6.32 Å². The Hall–Kier alpha value is -1.20. The smallest absolute Gasteiger partial charge is 0.348 e. The van der Waals surface area contributed by atoms with E-state index in [2.05, 4.69) is 9.81 Å². The molecule has 0 radical (unpaired) electrons. The molecule has 4 N–H and O–H groups in total. The van der Waals surface area contributed by atoms with Crippen molar-refractivity contribution in [3.05, 3.63) is 0 Å². The lowest BCUT2D eigenvalue weighted by atomic mass is 9.95. The lowest BCUT2D eigenvalue weighted by molar-refractivity contribution is 0.318. The minimum atomic E-state index is 0.108. The van der Waals surface area contributed by atoms with E-state index in [9.17, 15) is 0 Å². The van der Waals surface area contributed by atoms with Gasteiger partial charge in [-0.15, -0.1) is 0 Å². The Kier molecular flexibility index (Phi) is 4.29. The van der Waals surface area contributed by atoms with Crippen molar-refractivity contribution < 1.29 is 9.86 Å². The minimum absolute atomic E-state index is 0.108. The number of oxime groups is 1. The third-order valence-corrected chi connectivity index (χ3v) is 0.688. The zero-order chi connectivity index (χ0) is 7.11. The van der Waals surface area contributed by atoms with Gasteiger partial charge in [0, 0.05) is 6.32 Å². The van der Waals surface area contributed by atoms with Crippen LogP contribution in [0.3, 0.4) is 0 Å². The number of nitrogens with one attached hydrogen (secondary N) is 1. The average molecular weight is 129 g/mol. The van der Waals surface area contributed by atoms with Crippen LogP contribution in [0.25, 0.3) is 0 Å². The fourth-order valence-electron chi connectivity index (χ4n) is 0.272. The van der Waals surface area contributed by atoms with Gasteiger partial charge in [-0.2, -0.15) is 0 Å². The highest BCUT2D eigenvalue weighted by Crippen LogP contribution is 1.77. The molecular weight excluding hydrogens is 121 g/mol. The second kappa shape index (κ2) is 4.95. The first kappa shape index (κ1) is 7.80. The summed E-state index contributed by atoms with van der Waals surface area (Å²) in [7, 11) is 0.277. The molecule has 0 aromatic carbocycles. The van der Waals surface area contributed by atoms with E-state index in [1.807, 2.05) is 0 Å². The molecule has 9 heavy (non-hydrogen) atoms. The van der Waals surface area contributed by atoms with Gasteiger partial charge in [0.05, 0.1) is 0 Å². The maximum atomic E-state index is 7.98. The van der Waals surface area contributed by atoms with E-state index < -0.39 is 0 Å². The lowest BCUT2D eigenvalue weighted by Gasteiger charge is -1.93. The number of nitrogens with two attached hydrogens (primary N) is 1. The van der Waals surface area contributed by atoms with Crippen molar-refractivity contribution in [1.29, 1.82) is 5.41 Å². The number of amidine groups is 1. The van der Waals surface area contributed by atoms with Gasteiger partial charge < -0.3 is 15.6 Å². The first-order chi connectivity index (χ1) is 4.31. The van der Waals surface area contributed by atoms with Crippen LogP contribution in [0.4, 0.5) is 0 Å². The number of hydrogen-bond acceptors (Lipinski definition) is 4. The van der Waals surface area contributed by atoms with Crippen molar-refractivity contribution in [3.63, 3.8) is 0 Å². The Morgan fingerprint density at radius 1 is 2.00 bits per heavy atom. The molecule has 0 saturated carbocycles. The largest absolute Gasteiger partial charge is 0.556 e. The molecular formula is C3H8BN3O2. The molecule has 0 atom stereocenters. The number of nitrogens with zero attached hydrogens (tertiary/aromatic N) is 1. The molecule has 0 fully saturated rings. The molecule has 0 rings (SSSR count). The maximum Gasteiger partial charge on any atom is 0.348 e. The molecule has 0 aliphatic heterocycles. The van der Waals surface area contributed by atoms with Crippen LogP contribution in [0.5, 0.6) is 0 Å². The van der Waals surface area contributed by atoms with Gasteiger partial charge in [-0.25, -0.2) is 0 Å². The molecule has 0 spiro atoms. The molecule has 0 bridgehead atoms. The van der Waals surface area contributed by atoms with Crippen LogP contribution >= 0.6 is 0 Å². The summed E-state index contributed by atoms with van der Waals surface area (Å²) in [6.07, 6.45) is 1.15. The van der Waals surface area contributed by atoms with Gasteiger partial charge in [-0.1, -0.05) is 5.16 Å². The topological polar surface area (TPSA) is 91.7 Å². The summed E-state index contributed by atoms with van der Waals surface area (Å²) in [5, 5.41) is 17.1. The first-order valence-corrected chi connectivity index (χ1v) is 2.38. The van der Waals surface area contributed by atoms with Gasteiger partial charge in [0.1, 0.15) is 12.2 Å². The highest BCUT2D eigenvalue weighted by atomic mass is 16.4. The minimum Gasteiger partial charge on any atom is -0.556 e. The molecule has 0 aromatic rings. The summed E-state index contributed by atoms with van der Waals surface area (Å²) in [6, 6.07) is 0. The highest BCUT2D eigenvalue weighted by Gasteiger charge is 1.94. The van der Waals surface area contributed by atoms with Crippen molar-refractivity contribution >= 4 is 19.7 Å². The quantitative estimate of drug-likeness (QED) is 0.115. The van der Waals surface area contributed by atoms with E-state index in [1.54, 1.807) is 0 Å². The van der Waals surface area contributed by atoms with E-state index in [0.717, 1.165) is 6.40 Å². The summed E-state index contributed by atoms with van der Waals surface area (Å²) in [5.41, 5.74) is 5.06. The molecule has 0 aliphatic rings. The van der Waals surface area contributed by atoms with Crippen LogP contribution in [-0.4, -0.2) is 24.9 Å². The van der Waals surface area contributed by atoms with Crippen LogP contribution < -0.4 is 5.73 Å². The van der Waals surface area contributed by atoms with Gasteiger partial charge in [-0.3, -0.25) is 5.41 Å². The van der Waals surface area contributed by atoms with E-state index in [-0.39, 0.29) is 13.3 Å². The van der Waals surface area contributed by atoms with Gasteiger partial charge in [0.25, 0.3) is 0 Å². The van der Waals surface area contributed by atoms with E-state index in [0.29, 0.717) is 6.32 Å². The van der Waals surface area contributed by atoms with Crippen molar-refractivity contribution in [2.75, 3.05) is 0 Å². The van der Waals surface area contributed by atoms with E-state index in [4.69, 9.17) is 16.4 Å². The maximum absolute atomic E-state index is 7.98. The Morgan fingerprint density at radius 2 is 2.67 bits per heavy atom. The van der Waals surface area contributed by atoms with Gasteiger partial charge in [-0.05, 0) is 0 Å². The van der Waals surface area contributed by atoms with Crippen LogP contribution in [0, 0.1) is 5.41 Å². The molecule has 0 heterocycles. The normalized spacial score (nSPS) is 10.4. The standard InChI is InChI=1S/C3H8BN3O2/c5-2-9-4-1-3(6)7-8/h2,4-5,8H,1H2,(H2,6,7). The van der Waals surface area contributed by atoms with Crippen molar-refractivity contribution in [3.8, 4) is 0 Å².